The lowest BCUT2D eigenvalue weighted by molar-refractivity contribution is -0.241. The highest BCUT2D eigenvalue weighted by molar-refractivity contribution is 5.97. The van der Waals surface area contributed by atoms with Gasteiger partial charge in [-0.15, -0.1) is 5.92 Å². The number of benzene rings is 1. The third kappa shape index (κ3) is 4.04. The van der Waals surface area contributed by atoms with Gasteiger partial charge >= 0.3 is 11.9 Å². The number of carbonyl (C=O) groups is 2. The van der Waals surface area contributed by atoms with Crippen LogP contribution in [0.1, 0.15) is 26.3 Å². The van der Waals surface area contributed by atoms with E-state index < -0.39 is 29.6 Å². The average Bonchev–Trinajstić information content (AvgIpc) is 2.46. The van der Waals surface area contributed by atoms with E-state index in [0.29, 0.717) is 6.42 Å². The SMILES string of the molecule is CC#C[C@H](Cc1ccc(OC)cc1)C1C(=O)OC(C)(C)OC1=O. The van der Waals surface area contributed by atoms with Gasteiger partial charge in [0.05, 0.1) is 7.11 Å². The summed E-state index contributed by atoms with van der Waals surface area (Å²) in [5.41, 5.74) is 0.948. The minimum atomic E-state index is -1.23. The molecule has 1 atom stereocenters. The molecule has 1 aromatic rings. The van der Waals surface area contributed by atoms with E-state index in [-0.39, 0.29) is 0 Å². The molecule has 0 spiro atoms. The standard InChI is InChI=1S/C18H20O5/c1-5-6-13(11-12-7-9-14(21-4)10-8-12)15-16(19)22-18(2,3)23-17(15)20/h7-10,13,15H,11H2,1-4H3/t13-/m1/s1. The molecule has 0 aromatic heterocycles. The van der Waals surface area contributed by atoms with Gasteiger partial charge in [0.15, 0.2) is 5.92 Å². The molecule has 0 radical (unpaired) electrons. The van der Waals surface area contributed by atoms with Crippen molar-refractivity contribution in [1.82, 2.24) is 0 Å². The number of hydrogen-bond donors (Lipinski definition) is 0. The zero-order valence-electron chi connectivity index (χ0n) is 13.7. The quantitative estimate of drug-likeness (QED) is 0.485. The molecular formula is C18H20O5. The summed E-state index contributed by atoms with van der Waals surface area (Å²) >= 11 is 0. The first-order chi connectivity index (χ1) is 10.9. The molecule has 0 unspecified atom stereocenters. The summed E-state index contributed by atoms with van der Waals surface area (Å²) in [6, 6.07) is 7.41. The van der Waals surface area contributed by atoms with E-state index in [1.807, 2.05) is 24.3 Å². The van der Waals surface area contributed by atoms with Crippen molar-refractivity contribution < 1.29 is 23.8 Å². The summed E-state index contributed by atoms with van der Waals surface area (Å²) in [7, 11) is 1.59. The van der Waals surface area contributed by atoms with Crippen molar-refractivity contribution in [3.8, 4) is 17.6 Å². The van der Waals surface area contributed by atoms with E-state index in [9.17, 15) is 9.59 Å². The van der Waals surface area contributed by atoms with Gasteiger partial charge in [0, 0.05) is 19.8 Å². The maximum absolute atomic E-state index is 12.2. The molecule has 2 rings (SSSR count). The van der Waals surface area contributed by atoms with E-state index in [2.05, 4.69) is 11.8 Å². The van der Waals surface area contributed by atoms with E-state index in [1.165, 1.54) is 13.8 Å². The molecule has 122 valence electrons. The Labute approximate surface area is 135 Å². The molecule has 0 bridgehead atoms. The Kier molecular flexibility index (Phi) is 4.95. The van der Waals surface area contributed by atoms with Crippen LogP contribution in [0.25, 0.3) is 0 Å². The Bertz CT molecular complexity index is 628. The number of cyclic esters (lactones) is 2. The highest BCUT2D eigenvalue weighted by Gasteiger charge is 2.46. The fraction of sp³-hybridized carbons (Fsp3) is 0.444. The van der Waals surface area contributed by atoms with Crippen LogP contribution in [0.2, 0.25) is 0 Å². The van der Waals surface area contributed by atoms with Crippen molar-refractivity contribution in [3.63, 3.8) is 0 Å². The largest absolute Gasteiger partial charge is 0.497 e. The Balaban J connectivity index is 2.21. The lowest BCUT2D eigenvalue weighted by Gasteiger charge is -2.34. The summed E-state index contributed by atoms with van der Waals surface area (Å²) in [5.74, 6) is 2.52. The number of ether oxygens (including phenoxy) is 3. The minimum absolute atomic E-state index is 0.445. The van der Waals surface area contributed by atoms with Gasteiger partial charge in [0.25, 0.3) is 5.79 Å². The van der Waals surface area contributed by atoms with Crippen molar-refractivity contribution >= 4 is 11.9 Å². The summed E-state index contributed by atoms with van der Waals surface area (Å²) < 4.78 is 15.5. The van der Waals surface area contributed by atoms with Gasteiger partial charge in [-0.1, -0.05) is 18.1 Å². The van der Waals surface area contributed by atoms with Crippen LogP contribution in [0.4, 0.5) is 0 Å². The molecule has 0 amide bonds. The molecule has 23 heavy (non-hydrogen) atoms. The smallest absolute Gasteiger partial charge is 0.324 e. The monoisotopic (exact) mass is 316 g/mol. The van der Waals surface area contributed by atoms with E-state index in [1.54, 1.807) is 14.0 Å². The molecular weight excluding hydrogens is 296 g/mol. The van der Waals surface area contributed by atoms with E-state index in [4.69, 9.17) is 14.2 Å². The normalized spacial score (nSPS) is 18.3. The second kappa shape index (κ2) is 6.74. The highest BCUT2D eigenvalue weighted by atomic mass is 16.7. The van der Waals surface area contributed by atoms with Crippen LogP contribution < -0.4 is 4.74 Å². The molecule has 0 N–H and O–H groups in total. The molecule has 1 aliphatic rings. The van der Waals surface area contributed by atoms with Gasteiger partial charge in [-0.3, -0.25) is 9.59 Å². The molecule has 5 heteroatoms. The van der Waals surface area contributed by atoms with Crippen LogP contribution in [0.15, 0.2) is 24.3 Å². The van der Waals surface area contributed by atoms with Crippen molar-refractivity contribution in [2.75, 3.05) is 7.11 Å². The van der Waals surface area contributed by atoms with Gasteiger partial charge in [-0.2, -0.15) is 0 Å². The Morgan fingerprint density at radius 1 is 1.17 bits per heavy atom. The van der Waals surface area contributed by atoms with Gasteiger partial charge in [-0.05, 0) is 31.0 Å². The highest BCUT2D eigenvalue weighted by Crippen LogP contribution is 2.29. The van der Waals surface area contributed by atoms with Gasteiger partial charge in [-0.25, -0.2) is 0 Å². The fourth-order valence-corrected chi connectivity index (χ4v) is 2.51. The molecule has 1 heterocycles. The summed E-state index contributed by atoms with van der Waals surface area (Å²) in [4.78, 5) is 24.4. The van der Waals surface area contributed by atoms with Crippen LogP contribution >= 0.6 is 0 Å². The predicted octanol–water partition coefficient (Wildman–Crippen LogP) is 2.33. The van der Waals surface area contributed by atoms with Crippen LogP contribution in [-0.2, 0) is 25.5 Å². The predicted molar refractivity (Wildman–Crippen MR) is 83.4 cm³/mol. The van der Waals surface area contributed by atoms with Gasteiger partial charge in [0.1, 0.15) is 5.75 Å². The summed E-state index contributed by atoms with van der Waals surface area (Å²) in [6.45, 7) is 4.73. The van der Waals surface area contributed by atoms with Crippen LogP contribution in [-0.4, -0.2) is 24.8 Å². The average molecular weight is 316 g/mol. The Hall–Kier alpha value is -2.48. The van der Waals surface area contributed by atoms with Crippen molar-refractivity contribution in [1.29, 1.82) is 0 Å². The molecule has 5 nitrogen and oxygen atoms in total. The molecule has 1 aliphatic heterocycles. The van der Waals surface area contributed by atoms with Gasteiger partial charge < -0.3 is 14.2 Å². The molecule has 1 saturated heterocycles. The van der Waals surface area contributed by atoms with Gasteiger partial charge in [0.2, 0.25) is 0 Å². The number of carbonyl (C=O) groups excluding carboxylic acids is 2. The second-order valence-corrected chi connectivity index (χ2v) is 5.77. The topological polar surface area (TPSA) is 61.8 Å². The van der Waals surface area contributed by atoms with Crippen LogP contribution in [0.5, 0.6) is 5.75 Å². The zero-order chi connectivity index (χ0) is 17.0. The third-order valence-electron chi connectivity index (χ3n) is 3.55. The molecule has 1 aromatic carbocycles. The zero-order valence-corrected chi connectivity index (χ0v) is 13.7. The second-order valence-electron chi connectivity index (χ2n) is 5.77. The van der Waals surface area contributed by atoms with E-state index in [0.717, 1.165) is 11.3 Å². The number of methoxy groups -OCH3 is 1. The van der Waals surface area contributed by atoms with Crippen molar-refractivity contribution in [3.05, 3.63) is 29.8 Å². The fourth-order valence-electron chi connectivity index (χ4n) is 2.51. The number of rotatable bonds is 4. The lowest BCUT2D eigenvalue weighted by atomic mass is 9.86. The minimum Gasteiger partial charge on any atom is -0.497 e. The number of hydrogen-bond acceptors (Lipinski definition) is 5. The first-order valence-corrected chi connectivity index (χ1v) is 7.37. The Morgan fingerprint density at radius 2 is 1.74 bits per heavy atom. The lowest BCUT2D eigenvalue weighted by Crippen LogP contribution is -2.48. The van der Waals surface area contributed by atoms with Crippen LogP contribution in [0.3, 0.4) is 0 Å². The molecule has 0 saturated carbocycles. The summed E-state index contributed by atoms with van der Waals surface area (Å²) in [6.07, 6.45) is 0.445. The number of esters is 2. The van der Waals surface area contributed by atoms with Crippen molar-refractivity contribution in [2.24, 2.45) is 11.8 Å². The van der Waals surface area contributed by atoms with E-state index >= 15 is 0 Å². The first-order valence-electron chi connectivity index (χ1n) is 7.37. The maximum atomic E-state index is 12.2. The van der Waals surface area contributed by atoms with Crippen LogP contribution in [0, 0.1) is 23.7 Å². The first kappa shape index (κ1) is 16.9. The summed E-state index contributed by atoms with van der Waals surface area (Å²) in [5, 5.41) is 0. The molecule has 0 aliphatic carbocycles. The van der Waals surface area contributed by atoms with Crippen molar-refractivity contribution in [2.45, 2.75) is 33.0 Å². The maximum Gasteiger partial charge on any atom is 0.324 e. The third-order valence-corrected chi connectivity index (χ3v) is 3.55. The Morgan fingerprint density at radius 3 is 2.22 bits per heavy atom. The molecule has 1 fully saturated rings.